The van der Waals surface area contributed by atoms with E-state index < -0.39 is 6.09 Å². The van der Waals surface area contributed by atoms with E-state index in [9.17, 15) is 4.79 Å². The Kier molecular flexibility index (Phi) is 4.35. The number of benzene rings is 1. The SMILES string of the molecule is O=C(O)N1CCC(COc2cccc(Br)c2Cl)C1. The number of hydrogen-bond donors (Lipinski definition) is 1. The molecule has 1 fully saturated rings. The summed E-state index contributed by atoms with van der Waals surface area (Å²) in [4.78, 5) is 12.2. The third kappa shape index (κ3) is 3.09. The molecule has 0 aromatic heterocycles. The molecule has 0 radical (unpaired) electrons. The number of halogens is 2. The van der Waals surface area contributed by atoms with Gasteiger partial charge in [-0.2, -0.15) is 0 Å². The van der Waals surface area contributed by atoms with Gasteiger partial charge >= 0.3 is 6.09 Å². The summed E-state index contributed by atoms with van der Waals surface area (Å²) in [6.45, 7) is 1.59. The van der Waals surface area contributed by atoms with Crippen LogP contribution >= 0.6 is 27.5 Å². The first-order valence-electron chi connectivity index (χ1n) is 5.62. The Balaban J connectivity index is 1.89. The van der Waals surface area contributed by atoms with E-state index in [-0.39, 0.29) is 5.92 Å². The molecule has 1 atom stereocenters. The molecule has 1 aliphatic rings. The maximum absolute atomic E-state index is 10.8. The van der Waals surface area contributed by atoms with Crippen LogP contribution in [-0.2, 0) is 0 Å². The van der Waals surface area contributed by atoms with E-state index >= 15 is 0 Å². The Hall–Kier alpha value is -0.940. The van der Waals surface area contributed by atoms with E-state index in [4.69, 9.17) is 21.4 Å². The highest BCUT2D eigenvalue weighted by molar-refractivity contribution is 9.10. The standard InChI is InChI=1S/C12H13BrClNO3/c13-9-2-1-3-10(11(9)14)18-7-8-4-5-15(6-8)12(16)17/h1-3,8H,4-7H2,(H,16,17). The lowest BCUT2D eigenvalue weighted by Gasteiger charge is -2.14. The number of carboxylic acid groups (broad SMARTS) is 1. The van der Waals surface area contributed by atoms with Crippen LogP contribution in [0.15, 0.2) is 22.7 Å². The van der Waals surface area contributed by atoms with Crippen molar-refractivity contribution in [2.75, 3.05) is 19.7 Å². The van der Waals surface area contributed by atoms with Crippen molar-refractivity contribution < 1.29 is 14.6 Å². The van der Waals surface area contributed by atoms with Crippen molar-refractivity contribution in [1.29, 1.82) is 0 Å². The summed E-state index contributed by atoms with van der Waals surface area (Å²) >= 11 is 9.41. The highest BCUT2D eigenvalue weighted by atomic mass is 79.9. The van der Waals surface area contributed by atoms with Gasteiger partial charge in [0.15, 0.2) is 0 Å². The number of hydrogen-bond acceptors (Lipinski definition) is 2. The van der Waals surface area contributed by atoms with E-state index in [1.807, 2.05) is 12.1 Å². The lowest BCUT2D eigenvalue weighted by molar-refractivity contribution is 0.151. The van der Waals surface area contributed by atoms with E-state index in [0.29, 0.717) is 30.5 Å². The number of rotatable bonds is 3. The number of amides is 1. The Morgan fingerprint density at radius 2 is 2.39 bits per heavy atom. The normalized spacial score (nSPS) is 19.0. The number of carbonyl (C=O) groups is 1. The quantitative estimate of drug-likeness (QED) is 0.920. The molecule has 18 heavy (non-hydrogen) atoms. The van der Waals surface area contributed by atoms with Gasteiger partial charge in [-0.25, -0.2) is 4.79 Å². The fourth-order valence-corrected chi connectivity index (χ4v) is 2.47. The van der Waals surface area contributed by atoms with Gasteiger partial charge in [0.2, 0.25) is 0 Å². The van der Waals surface area contributed by atoms with Crippen LogP contribution in [-0.4, -0.2) is 35.8 Å². The molecule has 0 spiro atoms. The van der Waals surface area contributed by atoms with Gasteiger partial charge < -0.3 is 14.7 Å². The first-order valence-corrected chi connectivity index (χ1v) is 6.79. The summed E-state index contributed by atoms with van der Waals surface area (Å²) in [6, 6.07) is 5.50. The Labute approximate surface area is 119 Å². The van der Waals surface area contributed by atoms with Gasteiger partial charge in [0.1, 0.15) is 5.75 Å². The predicted octanol–water partition coefficient (Wildman–Crippen LogP) is 3.48. The van der Waals surface area contributed by atoms with Crippen LogP contribution in [0.3, 0.4) is 0 Å². The minimum absolute atomic E-state index is 0.233. The summed E-state index contributed by atoms with van der Waals surface area (Å²) in [5.74, 6) is 0.857. The van der Waals surface area contributed by atoms with Gasteiger partial charge in [-0.15, -0.1) is 0 Å². The predicted molar refractivity (Wildman–Crippen MR) is 72.4 cm³/mol. The highest BCUT2D eigenvalue weighted by Gasteiger charge is 2.26. The molecule has 1 aromatic rings. The zero-order valence-corrected chi connectivity index (χ0v) is 11.9. The highest BCUT2D eigenvalue weighted by Crippen LogP contribution is 2.32. The summed E-state index contributed by atoms with van der Waals surface area (Å²) in [7, 11) is 0. The molecule has 1 aromatic carbocycles. The molecule has 0 aliphatic carbocycles. The van der Waals surface area contributed by atoms with Gasteiger partial charge in [0.25, 0.3) is 0 Å². The Morgan fingerprint density at radius 3 is 3.06 bits per heavy atom. The fourth-order valence-electron chi connectivity index (χ4n) is 1.95. The van der Waals surface area contributed by atoms with Gasteiger partial charge in [0, 0.05) is 23.5 Å². The molecular formula is C12H13BrClNO3. The van der Waals surface area contributed by atoms with Gasteiger partial charge in [-0.1, -0.05) is 17.7 Å². The van der Waals surface area contributed by atoms with E-state index in [1.54, 1.807) is 6.07 Å². The minimum Gasteiger partial charge on any atom is -0.492 e. The molecule has 4 nitrogen and oxygen atoms in total. The maximum Gasteiger partial charge on any atom is 0.407 e. The third-order valence-corrected chi connectivity index (χ3v) is 4.23. The van der Waals surface area contributed by atoms with Crippen LogP contribution in [0.4, 0.5) is 4.79 Å². The van der Waals surface area contributed by atoms with Crippen molar-refractivity contribution in [3.05, 3.63) is 27.7 Å². The zero-order valence-electron chi connectivity index (χ0n) is 9.60. The molecular weight excluding hydrogens is 321 g/mol. The van der Waals surface area contributed by atoms with Crippen molar-refractivity contribution in [3.8, 4) is 5.75 Å². The smallest absolute Gasteiger partial charge is 0.407 e. The second-order valence-corrected chi connectivity index (χ2v) is 5.48. The van der Waals surface area contributed by atoms with Crippen LogP contribution in [0.5, 0.6) is 5.75 Å². The average molecular weight is 335 g/mol. The van der Waals surface area contributed by atoms with Crippen molar-refractivity contribution in [3.63, 3.8) is 0 Å². The van der Waals surface area contributed by atoms with E-state index in [2.05, 4.69) is 15.9 Å². The van der Waals surface area contributed by atoms with Crippen molar-refractivity contribution in [2.45, 2.75) is 6.42 Å². The monoisotopic (exact) mass is 333 g/mol. The fraction of sp³-hybridized carbons (Fsp3) is 0.417. The molecule has 1 amide bonds. The molecule has 2 rings (SSSR count). The molecule has 1 aliphatic heterocycles. The second kappa shape index (κ2) is 5.80. The van der Waals surface area contributed by atoms with Crippen molar-refractivity contribution >= 4 is 33.6 Å². The molecule has 98 valence electrons. The molecule has 1 saturated heterocycles. The Bertz CT molecular complexity index is 455. The Morgan fingerprint density at radius 1 is 1.61 bits per heavy atom. The molecule has 1 unspecified atom stereocenters. The first-order chi connectivity index (χ1) is 8.58. The third-order valence-electron chi connectivity index (χ3n) is 2.95. The molecule has 0 bridgehead atoms. The number of likely N-dealkylation sites (tertiary alicyclic amines) is 1. The second-order valence-electron chi connectivity index (χ2n) is 4.25. The van der Waals surface area contributed by atoms with Gasteiger partial charge in [0.05, 0.1) is 11.6 Å². The van der Waals surface area contributed by atoms with E-state index in [1.165, 1.54) is 4.90 Å². The van der Waals surface area contributed by atoms with Crippen LogP contribution in [0.25, 0.3) is 0 Å². The van der Waals surface area contributed by atoms with Crippen LogP contribution in [0.1, 0.15) is 6.42 Å². The summed E-state index contributed by atoms with van der Waals surface area (Å²) in [6.07, 6.45) is -0.0317. The summed E-state index contributed by atoms with van der Waals surface area (Å²) in [5, 5.41) is 9.40. The molecule has 0 saturated carbocycles. The van der Waals surface area contributed by atoms with Crippen LogP contribution < -0.4 is 4.74 Å². The average Bonchev–Trinajstić information content (AvgIpc) is 2.80. The first kappa shape index (κ1) is 13.5. The minimum atomic E-state index is -0.863. The van der Waals surface area contributed by atoms with Crippen molar-refractivity contribution in [1.82, 2.24) is 4.90 Å². The lowest BCUT2D eigenvalue weighted by Crippen LogP contribution is -2.27. The van der Waals surface area contributed by atoms with Crippen LogP contribution in [0, 0.1) is 5.92 Å². The topological polar surface area (TPSA) is 49.8 Å². The number of ether oxygens (including phenoxy) is 1. The molecule has 6 heteroatoms. The van der Waals surface area contributed by atoms with Gasteiger partial charge in [-0.05, 0) is 34.5 Å². The zero-order chi connectivity index (χ0) is 13.1. The molecule has 1 N–H and O–H groups in total. The maximum atomic E-state index is 10.8. The number of nitrogens with zero attached hydrogens (tertiary/aromatic N) is 1. The lowest BCUT2D eigenvalue weighted by atomic mass is 10.1. The largest absolute Gasteiger partial charge is 0.492 e. The summed E-state index contributed by atoms with van der Waals surface area (Å²) < 4.78 is 6.44. The van der Waals surface area contributed by atoms with Crippen molar-refractivity contribution in [2.24, 2.45) is 5.92 Å². The van der Waals surface area contributed by atoms with E-state index in [0.717, 1.165) is 10.9 Å². The van der Waals surface area contributed by atoms with Gasteiger partial charge in [-0.3, -0.25) is 0 Å². The van der Waals surface area contributed by atoms with Crippen LogP contribution in [0.2, 0.25) is 5.02 Å². The molecule has 1 heterocycles. The summed E-state index contributed by atoms with van der Waals surface area (Å²) in [5.41, 5.74) is 0.